The van der Waals surface area contributed by atoms with Crippen LogP contribution < -0.4 is 10.6 Å². The van der Waals surface area contributed by atoms with E-state index in [1.807, 2.05) is 0 Å². The maximum Gasteiger partial charge on any atom is 0.226 e. The Morgan fingerprint density at radius 1 is 1.38 bits per heavy atom. The summed E-state index contributed by atoms with van der Waals surface area (Å²) in [5.41, 5.74) is 1.67. The standard InChI is InChI=1S/C18H14ClFN6O3/c19-15-14(9-1-2-12-23-11(21-8-28)7-26(12)6-9)10-5-22-25-17(10)18(16(15)20)24-13(29)3-4-27/h1-2,5-8,27H,3-4H2,(H,21,28)(H,22,25)(H,24,29). The molecule has 0 aliphatic carbocycles. The Bertz CT molecular complexity index is 1250. The number of H-pyrrole nitrogens is 1. The van der Waals surface area contributed by atoms with Crippen molar-refractivity contribution in [3.63, 3.8) is 0 Å². The number of nitrogens with zero attached hydrogens (tertiary/aromatic N) is 3. The minimum atomic E-state index is -0.821. The van der Waals surface area contributed by atoms with Crippen molar-refractivity contribution in [3.8, 4) is 11.1 Å². The Morgan fingerprint density at radius 2 is 2.21 bits per heavy atom. The number of rotatable bonds is 6. The van der Waals surface area contributed by atoms with Crippen LogP contribution in [0.3, 0.4) is 0 Å². The number of imidazole rings is 1. The second kappa shape index (κ2) is 7.49. The number of amides is 2. The molecule has 0 radical (unpaired) electrons. The number of carbonyl (C=O) groups is 2. The fourth-order valence-electron chi connectivity index (χ4n) is 3.09. The third-order valence-electron chi connectivity index (χ3n) is 4.34. The number of hydrogen-bond donors (Lipinski definition) is 4. The lowest BCUT2D eigenvalue weighted by Crippen LogP contribution is -2.14. The van der Waals surface area contributed by atoms with Crippen LogP contribution in [-0.2, 0) is 9.59 Å². The van der Waals surface area contributed by atoms with Gasteiger partial charge in [-0.3, -0.25) is 14.7 Å². The van der Waals surface area contributed by atoms with Crippen LogP contribution in [0.5, 0.6) is 0 Å². The molecule has 4 N–H and O–H groups in total. The molecule has 4 aromatic rings. The second-order valence-corrected chi connectivity index (χ2v) is 6.51. The number of hydrogen-bond acceptors (Lipinski definition) is 5. The highest BCUT2D eigenvalue weighted by molar-refractivity contribution is 6.36. The summed E-state index contributed by atoms with van der Waals surface area (Å²) in [5, 5.41) is 20.7. The molecule has 3 aromatic heterocycles. The Morgan fingerprint density at radius 3 is 2.97 bits per heavy atom. The zero-order chi connectivity index (χ0) is 20.5. The predicted octanol–water partition coefficient (Wildman–Crippen LogP) is 2.56. The van der Waals surface area contributed by atoms with Gasteiger partial charge in [-0.05, 0) is 12.1 Å². The summed E-state index contributed by atoms with van der Waals surface area (Å²) in [6.45, 7) is -0.364. The molecule has 1 aromatic carbocycles. The number of nitrogens with one attached hydrogen (secondary N) is 3. The number of fused-ring (bicyclic) bond motifs is 2. The molecule has 0 atom stereocenters. The van der Waals surface area contributed by atoms with Crippen LogP contribution in [0.15, 0.2) is 30.7 Å². The highest BCUT2D eigenvalue weighted by Gasteiger charge is 2.22. The van der Waals surface area contributed by atoms with E-state index in [2.05, 4.69) is 25.8 Å². The highest BCUT2D eigenvalue weighted by Crippen LogP contribution is 2.41. The summed E-state index contributed by atoms with van der Waals surface area (Å²) >= 11 is 6.33. The topological polar surface area (TPSA) is 124 Å². The van der Waals surface area contributed by atoms with Gasteiger partial charge in [0.1, 0.15) is 11.3 Å². The van der Waals surface area contributed by atoms with E-state index in [4.69, 9.17) is 16.7 Å². The predicted molar refractivity (Wildman–Crippen MR) is 105 cm³/mol. The van der Waals surface area contributed by atoms with Crippen molar-refractivity contribution in [1.82, 2.24) is 19.6 Å². The van der Waals surface area contributed by atoms with Gasteiger partial charge in [-0.15, -0.1) is 0 Å². The van der Waals surface area contributed by atoms with Crippen LogP contribution in [0.1, 0.15) is 6.42 Å². The Balaban J connectivity index is 1.87. The molecular formula is C18H14ClFN6O3. The van der Waals surface area contributed by atoms with Crippen molar-refractivity contribution in [1.29, 1.82) is 0 Å². The van der Waals surface area contributed by atoms with Gasteiger partial charge in [0.25, 0.3) is 0 Å². The third-order valence-corrected chi connectivity index (χ3v) is 4.70. The normalized spacial score (nSPS) is 11.1. The Kier molecular flexibility index (Phi) is 4.87. The first kappa shape index (κ1) is 18.8. The van der Waals surface area contributed by atoms with Gasteiger partial charge in [0.2, 0.25) is 12.3 Å². The van der Waals surface area contributed by atoms with Gasteiger partial charge >= 0.3 is 0 Å². The van der Waals surface area contributed by atoms with Gasteiger partial charge in [0.05, 0.1) is 36.0 Å². The van der Waals surface area contributed by atoms with Crippen LogP contribution in [-0.4, -0.2) is 43.6 Å². The SMILES string of the molecule is O=CNc1cn2cc(-c3c(Cl)c(F)c(NC(=O)CCO)c4[nH]ncc34)ccc2n1. The summed E-state index contributed by atoms with van der Waals surface area (Å²) in [5.74, 6) is -1.01. The number of aliphatic hydroxyl groups is 1. The van der Waals surface area contributed by atoms with Crippen LogP contribution >= 0.6 is 11.6 Å². The smallest absolute Gasteiger partial charge is 0.226 e. The summed E-state index contributed by atoms with van der Waals surface area (Å²) in [6.07, 6.45) is 5.12. The van der Waals surface area contributed by atoms with E-state index < -0.39 is 11.7 Å². The quantitative estimate of drug-likeness (QED) is 0.359. The van der Waals surface area contributed by atoms with Crippen molar-refractivity contribution in [2.75, 3.05) is 17.2 Å². The summed E-state index contributed by atoms with van der Waals surface area (Å²) in [7, 11) is 0. The first-order valence-electron chi connectivity index (χ1n) is 8.47. The number of aliphatic hydroxyl groups excluding tert-OH is 1. The van der Waals surface area contributed by atoms with Crippen LogP contribution in [0.25, 0.3) is 27.7 Å². The van der Waals surface area contributed by atoms with Crippen molar-refractivity contribution < 1.29 is 19.1 Å². The lowest BCUT2D eigenvalue weighted by atomic mass is 10.0. The molecule has 11 heteroatoms. The van der Waals surface area contributed by atoms with Crippen LogP contribution in [0.2, 0.25) is 5.02 Å². The van der Waals surface area contributed by atoms with Crippen molar-refractivity contribution >= 4 is 52.0 Å². The number of pyridine rings is 1. The van der Waals surface area contributed by atoms with E-state index in [1.54, 1.807) is 28.9 Å². The highest BCUT2D eigenvalue weighted by atomic mass is 35.5. The first-order valence-corrected chi connectivity index (χ1v) is 8.85. The molecule has 9 nitrogen and oxygen atoms in total. The molecule has 0 unspecified atom stereocenters. The van der Waals surface area contributed by atoms with Gasteiger partial charge in [0, 0.05) is 22.7 Å². The van der Waals surface area contributed by atoms with Gasteiger partial charge in [-0.25, -0.2) is 9.37 Å². The Labute approximate surface area is 167 Å². The summed E-state index contributed by atoms with van der Waals surface area (Å²) in [6, 6.07) is 3.41. The molecule has 3 heterocycles. The maximum atomic E-state index is 15.0. The van der Waals surface area contributed by atoms with Gasteiger partial charge in [-0.1, -0.05) is 11.6 Å². The lowest BCUT2D eigenvalue weighted by molar-refractivity contribution is -0.116. The first-order chi connectivity index (χ1) is 14.0. The molecule has 148 valence electrons. The molecule has 0 saturated heterocycles. The molecule has 0 spiro atoms. The zero-order valence-electron chi connectivity index (χ0n) is 14.7. The number of aromatic amines is 1. The summed E-state index contributed by atoms with van der Waals surface area (Å²) < 4.78 is 16.7. The van der Waals surface area contributed by atoms with Gasteiger partial charge in [-0.2, -0.15) is 5.10 Å². The number of carbonyl (C=O) groups excluding carboxylic acids is 2. The van der Waals surface area contributed by atoms with Gasteiger partial charge < -0.3 is 20.1 Å². The fraction of sp³-hybridized carbons (Fsp3) is 0.111. The Hall–Kier alpha value is -3.50. The molecule has 0 saturated carbocycles. The largest absolute Gasteiger partial charge is 0.396 e. The number of benzene rings is 1. The van der Waals surface area contributed by atoms with Crippen LogP contribution in [0.4, 0.5) is 15.9 Å². The lowest BCUT2D eigenvalue weighted by Gasteiger charge is -2.13. The number of halogens is 2. The third kappa shape index (κ3) is 3.28. The fourth-order valence-corrected chi connectivity index (χ4v) is 3.39. The van der Waals surface area contributed by atoms with Crippen molar-refractivity contribution in [2.45, 2.75) is 6.42 Å². The average Bonchev–Trinajstić information content (AvgIpc) is 3.32. The van der Waals surface area contributed by atoms with E-state index in [9.17, 15) is 9.59 Å². The van der Waals surface area contributed by atoms with Gasteiger partial charge in [0.15, 0.2) is 11.6 Å². The van der Waals surface area contributed by atoms with Crippen LogP contribution in [0, 0.1) is 5.82 Å². The molecular weight excluding hydrogens is 403 g/mol. The van der Waals surface area contributed by atoms with E-state index in [1.165, 1.54) is 6.20 Å². The monoisotopic (exact) mass is 416 g/mol. The molecule has 0 aliphatic heterocycles. The van der Waals surface area contributed by atoms with E-state index >= 15 is 4.39 Å². The molecule has 29 heavy (non-hydrogen) atoms. The molecule has 0 aliphatic rings. The minimum absolute atomic E-state index is 0.133. The van der Waals surface area contributed by atoms with Crippen molar-refractivity contribution in [2.24, 2.45) is 0 Å². The molecule has 2 amide bonds. The molecule has 4 rings (SSSR count). The molecule has 0 bridgehead atoms. The van der Waals surface area contributed by atoms with E-state index in [0.29, 0.717) is 34.4 Å². The number of aromatic nitrogens is 4. The maximum absolute atomic E-state index is 15.0. The minimum Gasteiger partial charge on any atom is -0.396 e. The van der Waals surface area contributed by atoms with Crippen molar-refractivity contribution in [3.05, 3.63) is 41.6 Å². The number of anilines is 2. The second-order valence-electron chi connectivity index (χ2n) is 6.13. The average molecular weight is 417 g/mol. The summed E-state index contributed by atoms with van der Waals surface area (Å²) in [4.78, 5) is 26.7. The molecule has 0 fully saturated rings. The zero-order valence-corrected chi connectivity index (χ0v) is 15.5. The van der Waals surface area contributed by atoms with E-state index in [-0.39, 0.29) is 29.3 Å². The van der Waals surface area contributed by atoms with E-state index in [0.717, 1.165) is 0 Å².